The second kappa shape index (κ2) is 6.85. The van der Waals surface area contributed by atoms with Gasteiger partial charge in [0.05, 0.1) is 5.56 Å². The minimum absolute atomic E-state index is 0.169. The van der Waals surface area contributed by atoms with Crippen LogP contribution in [-0.4, -0.2) is 34.3 Å². The van der Waals surface area contributed by atoms with Crippen LogP contribution in [0.2, 0.25) is 0 Å². The molecule has 1 atom stereocenters. The Hall–Kier alpha value is -1.62. The van der Waals surface area contributed by atoms with E-state index in [1.54, 1.807) is 0 Å². The van der Waals surface area contributed by atoms with E-state index in [2.05, 4.69) is 17.2 Å². The molecule has 0 aliphatic rings. The van der Waals surface area contributed by atoms with Crippen molar-refractivity contribution in [2.75, 3.05) is 18.5 Å². The minimum atomic E-state index is -0.960. The van der Waals surface area contributed by atoms with Crippen molar-refractivity contribution in [2.24, 2.45) is 5.92 Å². The lowest BCUT2D eigenvalue weighted by molar-refractivity contribution is 0.0697. The Morgan fingerprint density at radius 3 is 2.94 bits per heavy atom. The highest BCUT2D eigenvalue weighted by Crippen LogP contribution is 2.11. The van der Waals surface area contributed by atoms with Crippen molar-refractivity contribution in [3.05, 3.63) is 23.9 Å². The van der Waals surface area contributed by atoms with E-state index in [-0.39, 0.29) is 12.2 Å². The third kappa shape index (κ3) is 4.40. The molecule has 1 rings (SSSR count). The molecule has 5 nitrogen and oxygen atoms in total. The topological polar surface area (TPSA) is 82.5 Å². The fourth-order valence-corrected chi connectivity index (χ4v) is 1.54. The van der Waals surface area contributed by atoms with Crippen LogP contribution in [0.5, 0.6) is 0 Å². The Morgan fingerprint density at radius 1 is 1.59 bits per heavy atom. The van der Waals surface area contributed by atoms with Crippen LogP contribution >= 0.6 is 0 Å². The quantitative estimate of drug-likeness (QED) is 0.672. The lowest BCUT2D eigenvalue weighted by Gasteiger charge is -2.14. The van der Waals surface area contributed by atoms with E-state index in [4.69, 9.17) is 10.2 Å². The summed E-state index contributed by atoms with van der Waals surface area (Å²) >= 11 is 0. The molecule has 1 heterocycles. The Labute approximate surface area is 101 Å². The van der Waals surface area contributed by atoms with E-state index in [9.17, 15) is 4.79 Å². The SMILES string of the molecule is CCC(CCO)CNc1cc(C(=O)O)ccn1. The summed E-state index contributed by atoms with van der Waals surface area (Å²) in [5.41, 5.74) is 0.220. The number of aliphatic hydroxyl groups excluding tert-OH is 1. The van der Waals surface area contributed by atoms with E-state index in [1.807, 2.05) is 0 Å². The number of carbonyl (C=O) groups is 1. The Balaban J connectivity index is 2.56. The van der Waals surface area contributed by atoms with Gasteiger partial charge in [-0.25, -0.2) is 9.78 Å². The number of pyridine rings is 1. The van der Waals surface area contributed by atoms with Crippen LogP contribution in [0.1, 0.15) is 30.1 Å². The number of nitrogens with zero attached hydrogens (tertiary/aromatic N) is 1. The number of anilines is 1. The molecule has 17 heavy (non-hydrogen) atoms. The zero-order valence-corrected chi connectivity index (χ0v) is 9.89. The first-order valence-electron chi connectivity index (χ1n) is 5.71. The number of carboxylic acids is 1. The number of hydrogen-bond acceptors (Lipinski definition) is 4. The number of carboxylic acid groups (broad SMARTS) is 1. The predicted octanol–water partition coefficient (Wildman–Crippen LogP) is 1.60. The van der Waals surface area contributed by atoms with Crippen LogP contribution in [0.15, 0.2) is 18.3 Å². The van der Waals surface area contributed by atoms with Gasteiger partial charge < -0.3 is 15.5 Å². The first-order valence-corrected chi connectivity index (χ1v) is 5.71. The summed E-state index contributed by atoms with van der Waals surface area (Å²) in [6, 6.07) is 2.96. The van der Waals surface area contributed by atoms with Crippen molar-refractivity contribution in [1.29, 1.82) is 0 Å². The molecule has 0 aliphatic carbocycles. The van der Waals surface area contributed by atoms with E-state index in [0.29, 0.717) is 18.3 Å². The summed E-state index contributed by atoms with van der Waals surface area (Å²) in [4.78, 5) is 14.8. The summed E-state index contributed by atoms with van der Waals surface area (Å²) in [5.74, 6) is -0.0329. The van der Waals surface area contributed by atoms with Gasteiger partial charge in [0.1, 0.15) is 5.82 Å². The Kier molecular flexibility index (Phi) is 5.42. The van der Waals surface area contributed by atoms with Gasteiger partial charge in [-0.2, -0.15) is 0 Å². The summed E-state index contributed by atoms with van der Waals surface area (Å²) in [7, 11) is 0. The number of aliphatic hydroxyl groups is 1. The number of rotatable bonds is 7. The van der Waals surface area contributed by atoms with Crippen molar-refractivity contribution in [1.82, 2.24) is 4.98 Å². The lowest BCUT2D eigenvalue weighted by Crippen LogP contribution is -2.15. The molecule has 3 N–H and O–H groups in total. The smallest absolute Gasteiger partial charge is 0.335 e. The molecule has 5 heteroatoms. The van der Waals surface area contributed by atoms with Crippen molar-refractivity contribution in [3.8, 4) is 0 Å². The van der Waals surface area contributed by atoms with Gasteiger partial charge in [0.2, 0.25) is 0 Å². The van der Waals surface area contributed by atoms with Crippen LogP contribution < -0.4 is 5.32 Å². The molecule has 0 aliphatic heterocycles. The molecule has 0 radical (unpaired) electrons. The Bertz CT molecular complexity index is 369. The normalized spacial score (nSPS) is 12.1. The van der Waals surface area contributed by atoms with Gasteiger partial charge in [-0.1, -0.05) is 13.3 Å². The van der Waals surface area contributed by atoms with Crippen LogP contribution in [0.4, 0.5) is 5.82 Å². The lowest BCUT2D eigenvalue weighted by atomic mass is 10.0. The fourth-order valence-electron chi connectivity index (χ4n) is 1.54. The second-order valence-corrected chi connectivity index (χ2v) is 3.90. The predicted molar refractivity (Wildman–Crippen MR) is 65.2 cm³/mol. The van der Waals surface area contributed by atoms with Crippen LogP contribution in [0.25, 0.3) is 0 Å². The summed E-state index contributed by atoms with van der Waals surface area (Å²) in [6.45, 7) is 2.92. The highest BCUT2D eigenvalue weighted by molar-refractivity contribution is 5.88. The number of aromatic nitrogens is 1. The van der Waals surface area contributed by atoms with E-state index in [0.717, 1.165) is 12.8 Å². The maximum absolute atomic E-state index is 10.8. The number of hydrogen-bond donors (Lipinski definition) is 3. The zero-order valence-electron chi connectivity index (χ0n) is 9.89. The molecule has 0 saturated heterocycles. The van der Waals surface area contributed by atoms with Crippen LogP contribution in [0, 0.1) is 5.92 Å². The summed E-state index contributed by atoms with van der Waals surface area (Å²) in [5, 5.41) is 20.8. The van der Waals surface area contributed by atoms with Gasteiger partial charge in [0.25, 0.3) is 0 Å². The standard InChI is InChI=1S/C12H18N2O3/c1-2-9(4-6-15)8-14-11-7-10(12(16)17)3-5-13-11/h3,5,7,9,15H,2,4,6,8H2,1H3,(H,13,14)(H,16,17). The molecule has 1 aromatic heterocycles. The first kappa shape index (κ1) is 13.4. The molecule has 0 aromatic carbocycles. The van der Waals surface area contributed by atoms with Crippen molar-refractivity contribution in [3.63, 3.8) is 0 Å². The molecule has 0 saturated carbocycles. The Morgan fingerprint density at radius 2 is 2.35 bits per heavy atom. The second-order valence-electron chi connectivity index (χ2n) is 3.90. The minimum Gasteiger partial charge on any atom is -0.478 e. The maximum Gasteiger partial charge on any atom is 0.335 e. The van der Waals surface area contributed by atoms with Gasteiger partial charge in [-0.3, -0.25) is 0 Å². The molecular weight excluding hydrogens is 220 g/mol. The fraction of sp³-hybridized carbons (Fsp3) is 0.500. The molecule has 0 bridgehead atoms. The maximum atomic E-state index is 10.8. The highest BCUT2D eigenvalue weighted by Gasteiger charge is 2.07. The van der Waals surface area contributed by atoms with Crippen molar-refractivity contribution >= 4 is 11.8 Å². The van der Waals surface area contributed by atoms with E-state index < -0.39 is 5.97 Å². The molecule has 1 aromatic rings. The molecule has 0 spiro atoms. The molecule has 0 fully saturated rings. The van der Waals surface area contributed by atoms with Crippen LogP contribution in [0.3, 0.4) is 0 Å². The van der Waals surface area contributed by atoms with Gasteiger partial charge >= 0.3 is 5.97 Å². The molecule has 1 unspecified atom stereocenters. The van der Waals surface area contributed by atoms with E-state index in [1.165, 1.54) is 18.3 Å². The van der Waals surface area contributed by atoms with Gasteiger partial charge in [0.15, 0.2) is 0 Å². The average molecular weight is 238 g/mol. The summed E-state index contributed by atoms with van der Waals surface area (Å²) < 4.78 is 0. The van der Waals surface area contributed by atoms with Gasteiger partial charge in [-0.15, -0.1) is 0 Å². The number of nitrogens with one attached hydrogen (secondary N) is 1. The number of aromatic carboxylic acids is 1. The monoisotopic (exact) mass is 238 g/mol. The van der Waals surface area contributed by atoms with Gasteiger partial charge in [-0.05, 0) is 24.5 Å². The zero-order chi connectivity index (χ0) is 12.7. The largest absolute Gasteiger partial charge is 0.478 e. The van der Waals surface area contributed by atoms with E-state index >= 15 is 0 Å². The highest BCUT2D eigenvalue weighted by atomic mass is 16.4. The van der Waals surface area contributed by atoms with Crippen LogP contribution in [-0.2, 0) is 0 Å². The average Bonchev–Trinajstić information content (AvgIpc) is 2.34. The third-order valence-corrected chi connectivity index (χ3v) is 2.69. The van der Waals surface area contributed by atoms with Crippen molar-refractivity contribution < 1.29 is 15.0 Å². The van der Waals surface area contributed by atoms with Crippen molar-refractivity contribution in [2.45, 2.75) is 19.8 Å². The summed E-state index contributed by atoms with van der Waals surface area (Å²) in [6.07, 6.45) is 3.17. The molecular formula is C12H18N2O3. The molecule has 94 valence electrons. The molecule has 0 amide bonds. The van der Waals surface area contributed by atoms with Gasteiger partial charge in [0, 0.05) is 19.3 Å². The third-order valence-electron chi connectivity index (χ3n) is 2.69. The first-order chi connectivity index (χ1) is 8.17.